The summed E-state index contributed by atoms with van der Waals surface area (Å²) in [7, 11) is 0. The van der Waals surface area contributed by atoms with E-state index in [0.29, 0.717) is 12.0 Å². The predicted octanol–water partition coefficient (Wildman–Crippen LogP) is 2.95. The Hall–Kier alpha value is -0.930. The van der Waals surface area contributed by atoms with Crippen molar-refractivity contribution >= 4 is 0 Å². The van der Waals surface area contributed by atoms with Crippen molar-refractivity contribution in [3.63, 3.8) is 0 Å². The van der Waals surface area contributed by atoms with Crippen LogP contribution in [0.15, 0.2) is 18.2 Å². The van der Waals surface area contributed by atoms with Crippen molar-refractivity contribution in [1.29, 1.82) is 0 Å². The number of aliphatic hydroxyl groups is 1. The fourth-order valence-electron chi connectivity index (χ4n) is 3.54. The van der Waals surface area contributed by atoms with Gasteiger partial charge in [0.15, 0.2) is 0 Å². The van der Waals surface area contributed by atoms with E-state index in [-0.39, 0.29) is 11.9 Å². The Bertz CT molecular complexity index is 448. The number of fused-ring (bicyclic) bond motifs is 1. The van der Waals surface area contributed by atoms with E-state index >= 15 is 0 Å². The van der Waals surface area contributed by atoms with Gasteiger partial charge in [-0.05, 0) is 61.3 Å². The zero-order chi connectivity index (χ0) is 13.2. The van der Waals surface area contributed by atoms with Crippen molar-refractivity contribution in [2.45, 2.75) is 50.7 Å². The molecule has 2 nitrogen and oxygen atoms in total. The van der Waals surface area contributed by atoms with E-state index in [4.69, 9.17) is 0 Å². The Balaban J connectivity index is 1.66. The molecule has 3 atom stereocenters. The van der Waals surface area contributed by atoms with Crippen LogP contribution >= 0.6 is 0 Å². The SMILES string of the molecule is OC1CCCC1CNC1CCCc2cc(F)ccc21. The standard InChI is InChI=1S/C16H22FNO/c17-13-7-8-14-11(9-13)3-1-5-15(14)18-10-12-4-2-6-16(12)19/h7-9,12,15-16,18-19H,1-6,10H2. The smallest absolute Gasteiger partial charge is 0.123 e. The van der Waals surface area contributed by atoms with E-state index < -0.39 is 0 Å². The lowest BCUT2D eigenvalue weighted by Crippen LogP contribution is -2.32. The zero-order valence-electron chi connectivity index (χ0n) is 11.2. The molecule has 0 aliphatic heterocycles. The van der Waals surface area contributed by atoms with Crippen LogP contribution in [0.4, 0.5) is 4.39 Å². The van der Waals surface area contributed by atoms with Gasteiger partial charge in [-0.15, -0.1) is 0 Å². The third-order valence-corrected chi connectivity index (χ3v) is 4.66. The van der Waals surface area contributed by atoms with Gasteiger partial charge in [-0.2, -0.15) is 0 Å². The highest BCUT2D eigenvalue weighted by Crippen LogP contribution is 2.31. The molecule has 0 spiro atoms. The fourth-order valence-corrected chi connectivity index (χ4v) is 3.54. The number of aliphatic hydroxyl groups excluding tert-OH is 1. The molecule has 3 unspecified atom stereocenters. The second-order valence-electron chi connectivity index (χ2n) is 5.95. The first-order valence-corrected chi connectivity index (χ1v) is 7.44. The quantitative estimate of drug-likeness (QED) is 0.878. The van der Waals surface area contributed by atoms with Crippen LogP contribution in [0.1, 0.15) is 49.3 Å². The van der Waals surface area contributed by atoms with Crippen LogP contribution in [0, 0.1) is 11.7 Å². The molecule has 3 heteroatoms. The maximum Gasteiger partial charge on any atom is 0.123 e. The lowest BCUT2D eigenvalue weighted by molar-refractivity contribution is 0.129. The Morgan fingerprint density at radius 2 is 2.11 bits per heavy atom. The topological polar surface area (TPSA) is 32.3 Å². The molecule has 104 valence electrons. The van der Waals surface area contributed by atoms with E-state index in [2.05, 4.69) is 5.32 Å². The van der Waals surface area contributed by atoms with Gasteiger partial charge in [-0.1, -0.05) is 12.5 Å². The van der Waals surface area contributed by atoms with Crippen molar-refractivity contribution in [3.8, 4) is 0 Å². The van der Waals surface area contributed by atoms with Gasteiger partial charge in [-0.3, -0.25) is 0 Å². The summed E-state index contributed by atoms with van der Waals surface area (Å²) >= 11 is 0. The first-order chi connectivity index (χ1) is 9.24. The summed E-state index contributed by atoms with van der Waals surface area (Å²) in [5.74, 6) is 0.261. The van der Waals surface area contributed by atoms with E-state index in [1.165, 1.54) is 5.56 Å². The molecule has 3 rings (SSSR count). The van der Waals surface area contributed by atoms with Crippen LogP contribution in [-0.4, -0.2) is 17.8 Å². The van der Waals surface area contributed by atoms with Crippen LogP contribution in [0.5, 0.6) is 0 Å². The normalized spacial score (nSPS) is 30.3. The van der Waals surface area contributed by atoms with Crippen LogP contribution in [-0.2, 0) is 6.42 Å². The van der Waals surface area contributed by atoms with Crippen molar-refractivity contribution in [2.24, 2.45) is 5.92 Å². The first-order valence-electron chi connectivity index (χ1n) is 7.44. The third-order valence-electron chi connectivity index (χ3n) is 4.66. The van der Waals surface area contributed by atoms with Gasteiger partial charge in [0, 0.05) is 12.6 Å². The van der Waals surface area contributed by atoms with Crippen LogP contribution in [0.3, 0.4) is 0 Å². The molecule has 1 aromatic rings. The minimum absolute atomic E-state index is 0.134. The number of hydrogen-bond acceptors (Lipinski definition) is 2. The molecule has 0 saturated heterocycles. The monoisotopic (exact) mass is 263 g/mol. The Kier molecular flexibility index (Phi) is 3.85. The van der Waals surface area contributed by atoms with Gasteiger partial charge in [0.05, 0.1) is 6.10 Å². The molecule has 1 fully saturated rings. The number of benzene rings is 1. The second kappa shape index (κ2) is 5.59. The summed E-state index contributed by atoms with van der Waals surface area (Å²) in [5, 5.41) is 13.4. The summed E-state index contributed by atoms with van der Waals surface area (Å²) in [5.41, 5.74) is 2.40. The average Bonchev–Trinajstić information content (AvgIpc) is 2.81. The van der Waals surface area contributed by atoms with E-state index in [9.17, 15) is 9.50 Å². The molecule has 2 N–H and O–H groups in total. The lowest BCUT2D eigenvalue weighted by atomic mass is 9.87. The predicted molar refractivity (Wildman–Crippen MR) is 73.4 cm³/mol. The fraction of sp³-hybridized carbons (Fsp3) is 0.625. The molecule has 0 heterocycles. The largest absolute Gasteiger partial charge is 0.393 e. The summed E-state index contributed by atoms with van der Waals surface area (Å²) in [6.45, 7) is 0.878. The molecular weight excluding hydrogens is 241 g/mol. The maximum atomic E-state index is 13.3. The number of rotatable bonds is 3. The van der Waals surface area contributed by atoms with E-state index in [1.54, 1.807) is 12.1 Å². The Labute approximate surface area is 114 Å². The third kappa shape index (κ3) is 2.82. The molecule has 0 bridgehead atoms. The molecule has 0 aromatic heterocycles. The molecule has 1 saturated carbocycles. The number of aryl methyl sites for hydroxylation is 1. The highest BCUT2D eigenvalue weighted by atomic mass is 19.1. The molecule has 19 heavy (non-hydrogen) atoms. The summed E-state index contributed by atoms with van der Waals surface area (Å²) in [6, 6.07) is 5.49. The minimum Gasteiger partial charge on any atom is -0.393 e. The number of hydrogen-bond donors (Lipinski definition) is 2. The molecular formula is C16H22FNO. The zero-order valence-corrected chi connectivity index (χ0v) is 11.2. The highest BCUT2D eigenvalue weighted by Gasteiger charge is 2.27. The minimum atomic E-state index is -0.135. The average molecular weight is 263 g/mol. The van der Waals surface area contributed by atoms with Crippen molar-refractivity contribution in [3.05, 3.63) is 35.1 Å². The van der Waals surface area contributed by atoms with Gasteiger partial charge in [0.25, 0.3) is 0 Å². The maximum absolute atomic E-state index is 13.3. The molecule has 2 aliphatic rings. The summed E-state index contributed by atoms with van der Waals surface area (Å²) < 4.78 is 13.3. The number of halogens is 1. The first kappa shape index (κ1) is 13.1. The van der Waals surface area contributed by atoms with Gasteiger partial charge in [0.2, 0.25) is 0 Å². The summed E-state index contributed by atoms with van der Waals surface area (Å²) in [6.07, 6.45) is 6.28. The lowest BCUT2D eigenvalue weighted by Gasteiger charge is -2.28. The van der Waals surface area contributed by atoms with Gasteiger partial charge in [0.1, 0.15) is 5.82 Å². The Morgan fingerprint density at radius 1 is 1.21 bits per heavy atom. The van der Waals surface area contributed by atoms with Crippen LogP contribution in [0.25, 0.3) is 0 Å². The van der Waals surface area contributed by atoms with E-state index in [1.807, 2.05) is 6.07 Å². The highest BCUT2D eigenvalue weighted by molar-refractivity contribution is 5.32. The molecule has 0 radical (unpaired) electrons. The van der Waals surface area contributed by atoms with E-state index in [0.717, 1.165) is 50.6 Å². The molecule has 2 aliphatic carbocycles. The Morgan fingerprint density at radius 3 is 2.89 bits per heavy atom. The number of nitrogens with one attached hydrogen (secondary N) is 1. The van der Waals surface area contributed by atoms with Crippen molar-refractivity contribution < 1.29 is 9.50 Å². The summed E-state index contributed by atoms with van der Waals surface area (Å²) in [4.78, 5) is 0. The molecule has 1 aromatic carbocycles. The van der Waals surface area contributed by atoms with Crippen LogP contribution < -0.4 is 5.32 Å². The van der Waals surface area contributed by atoms with Gasteiger partial charge < -0.3 is 10.4 Å². The van der Waals surface area contributed by atoms with Crippen LogP contribution in [0.2, 0.25) is 0 Å². The molecule has 0 amide bonds. The van der Waals surface area contributed by atoms with Crippen molar-refractivity contribution in [1.82, 2.24) is 5.32 Å². The van der Waals surface area contributed by atoms with Crippen molar-refractivity contribution in [2.75, 3.05) is 6.54 Å². The second-order valence-corrected chi connectivity index (χ2v) is 5.95. The van der Waals surface area contributed by atoms with Gasteiger partial charge >= 0.3 is 0 Å². The van der Waals surface area contributed by atoms with Gasteiger partial charge in [-0.25, -0.2) is 4.39 Å².